The van der Waals surface area contributed by atoms with Crippen LogP contribution in [-0.2, 0) is 4.79 Å². The molecular weight excluding hydrogens is 445 g/mol. The zero-order valence-electron chi connectivity index (χ0n) is 15.1. The SMILES string of the molecule is O=C(O)CN1CCC(CN2CCN(c3ccc(I)cc3)C[C@H]2CO)CC1. The van der Waals surface area contributed by atoms with Crippen LogP contribution in [0.15, 0.2) is 24.3 Å². The lowest BCUT2D eigenvalue weighted by Gasteiger charge is -2.44. The number of benzene rings is 1. The Hall–Kier alpha value is -0.900. The topological polar surface area (TPSA) is 67.2 Å². The summed E-state index contributed by atoms with van der Waals surface area (Å²) in [5.74, 6) is -0.144. The van der Waals surface area contributed by atoms with Crippen molar-refractivity contribution in [1.82, 2.24) is 9.80 Å². The monoisotopic (exact) mass is 473 g/mol. The molecule has 6 nitrogen and oxygen atoms in total. The molecule has 0 saturated carbocycles. The zero-order valence-corrected chi connectivity index (χ0v) is 17.2. The minimum Gasteiger partial charge on any atom is -0.480 e. The van der Waals surface area contributed by atoms with Crippen LogP contribution in [0.1, 0.15) is 12.8 Å². The van der Waals surface area contributed by atoms with Crippen LogP contribution >= 0.6 is 22.6 Å². The number of aliphatic carboxylic acids is 1. The molecule has 144 valence electrons. The van der Waals surface area contributed by atoms with Crippen molar-refractivity contribution < 1.29 is 15.0 Å². The van der Waals surface area contributed by atoms with Crippen molar-refractivity contribution in [1.29, 1.82) is 0 Å². The number of piperidine rings is 1. The summed E-state index contributed by atoms with van der Waals surface area (Å²) in [4.78, 5) is 17.7. The first-order valence-electron chi connectivity index (χ1n) is 9.34. The second kappa shape index (κ2) is 9.34. The minimum absolute atomic E-state index is 0.153. The van der Waals surface area contributed by atoms with Crippen molar-refractivity contribution in [3.63, 3.8) is 0 Å². The third kappa shape index (κ3) is 5.31. The number of carboxylic acids is 1. The van der Waals surface area contributed by atoms with Gasteiger partial charge in [-0.15, -0.1) is 0 Å². The highest BCUT2D eigenvalue weighted by molar-refractivity contribution is 14.1. The first-order chi connectivity index (χ1) is 12.5. The summed E-state index contributed by atoms with van der Waals surface area (Å²) in [6.07, 6.45) is 2.09. The Balaban J connectivity index is 1.50. The summed E-state index contributed by atoms with van der Waals surface area (Å²) < 4.78 is 1.23. The van der Waals surface area contributed by atoms with Crippen molar-refractivity contribution in [2.75, 3.05) is 57.3 Å². The van der Waals surface area contributed by atoms with Crippen LogP contribution in [0.4, 0.5) is 5.69 Å². The third-order valence-corrected chi connectivity index (χ3v) is 6.29. The fourth-order valence-electron chi connectivity index (χ4n) is 4.04. The highest BCUT2D eigenvalue weighted by Crippen LogP contribution is 2.24. The molecule has 0 aliphatic carbocycles. The number of carbonyl (C=O) groups is 1. The van der Waals surface area contributed by atoms with E-state index in [1.165, 1.54) is 9.26 Å². The molecule has 2 fully saturated rings. The van der Waals surface area contributed by atoms with Crippen LogP contribution in [0.5, 0.6) is 0 Å². The molecule has 0 radical (unpaired) electrons. The maximum Gasteiger partial charge on any atom is 0.317 e. The smallest absolute Gasteiger partial charge is 0.317 e. The molecule has 0 amide bonds. The maximum absolute atomic E-state index is 10.8. The van der Waals surface area contributed by atoms with E-state index < -0.39 is 5.97 Å². The predicted molar refractivity (Wildman–Crippen MR) is 111 cm³/mol. The molecule has 2 heterocycles. The van der Waals surface area contributed by atoms with Crippen molar-refractivity contribution >= 4 is 34.2 Å². The van der Waals surface area contributed by atoms with Crippen LogP contribution < -0.4 is 4.90 Å². The van der Waals surface area contributed by atoms with E-state index in [2.05, 4.69) is 56.7 Å². The molecule has 3 rings (SSSR count). The molecule has 0 aromatic heterocycles. The highest BCUT2D eigenvalue weighted by atomic mass is 127. The first kappa shape index (κ1) is 19.9. The van der Waals surface area contributed by atoms with Crippen molar-refractivity contribution in [3.8, 4) is 0 Å². The molecule has 2 aliphatic rings. The first-order valence-corrected chi connectivity index (χ1v) is 10.4. The number of aliphatic hydroxyl groups is 1. The lowest BCUT2D eigenvalue weighted by Crippen LogP contribution is -2.56. The highest BCUT2D eigenvalue weighted by Gasteiger charge is 2.30. The number of likely N-dealkylation sites (tertiary alicyclic amines) is 1. The summed E-state index contributed by atoms with van der Waals surface area (Å²) >= 11 is 2.32. The van der Waals surface area contributed by atoms with Gasteiger partial charge in [-0.3, -0.25) is 14.6 Å². The summed E-state index contributed by atoms with van der Waals surface area (Å²) in [5, 5.41) is 18.8. The lowest BCUT2D eigenvalue weighted by atomic mass is 9.95. The Kier molecular flexibility index (Phi) is 7.13. The lowest BCUT2D eigenvalue weighted by molar-refractivity contribution is -0.138. The van der Waals surface area contributed by atoms with Gasteiger partial charge in [0, 0.05) is 35.4 Å². The number of rotatable bonds is 6. The summed E-state index contributed by atoms with van der Waals surface area (Å²) in [7, 11) is 0. The quantitative estimate of drug-likeness (QED) is 0.612. The number of anilines is 1. The summed E-state index contributed by atoms with van der Waals surface area (Å²) in [6, 6.07) is 8.73. The normalized spacial score (nSPS) is 23.3. The molecule has 2 aliphatic heterocycles. The van der Waals surface area contributed by atoms with Gasteiger partial charge in [-0.1, -0.05) is 0 Å². The largest absolute Gasteiger partial charge is 0.480 e. The van der Waals surface area contributed by atoms with E-state index >= 15 is 0 Å². The third-order valence-electron chi connectivity index (χ3n) is 5.57. The van der Waals surface area contributed by atoms with Gasteiger partial charge in [-0.2, -0.15) is 0 Å². The van der Waals surface area contributed by atoms with Crippen LogP contribution in [-0.4, -0.2) is 84.4 Å². The molecule has 0 spiro atoms. The number of piperazine rings is 1. The molecular formula is C19H28IN3O3. The molecule has 7 heteroatoms. The Morgan fingerprint density at radius 1 is 1.12 bits per heavy atom. The van der Waals surface area contributed by atoms with Gasteiger partial charge >= 0.3 is 5.97 Å². The van der Waals surface area contributed by atoms with Crippen LogP contribution in [0, 0.1) is 9.49 Å². The average molecular weight is 473 g/mol. The fraction of sp³-hybridized carbons (Fsp3) is 0.632. The summed E-state index contributed by atoms with van der Waals surface area (Å²) in [5.41, 5.74) is 1.23. The molecule has 0 unspecified atom stereocenters. The number of aliphatic hydroxyl groups excluding tert-OH is 1. The molecule has 26 heavy (non-hydrogen) atoms. The number of nitrogens with zero attached hydrogens (tertiary/aromatic N) is 3. The van der Waals surface area contributed by atoms with Gasteiger partial charge in [0.2, 0.25) is 0 Å². The van der Waals surface area contributed by atoms with Gasteiger partial charge in [0.15, 0.2) is 0 Å². The fourth-order valence-corrected chi connectivity index (χ4v) is 4.40. The van der Waals surface area contributed by atoms with E-state index in [0.29, 0.717) is 5.92 Å². The second-order valence-electron chi connectivity index (χ2n) is 7.37. The number of hydrogen-bond acceptors (Lipinski definition) is 5. The Bertz CT molecular complexity index is 590. The molecule has 1 aromatic rings. The van der Waals surface area contributed by atoms with Crippen LogP contribution in [0.2, 0.25) is 0 Å². The summed E-state index contributed by atoms with van der Waals surface area (Å²) in [6.45, 7) is 5.87. The standard InChI is InChI=1S/C19H28IN3O3/c20-16-1-3-17(4-2-16)23-10-9-22(18(12-23)14-24)11-15-5-7-21(8-6-15)13-19(25)26/h1-4,15,18,24H,5-14H2,(H,25,26)/t18-/m0/s1. The van der Waals surface area contributed by atoms with Gasteiger partial charge in [0.05, 0.1) is 19.2 Å². The Morgan fingerprint density at radius 2 is 1.81 bits per heavy atom. The number of carboxylic acid groups (broad SMARTS) is 1. The number of halogens is 1. The minimum atomic E-state index is -0.740. The Labute approximate surface area is 168 Å². The predicted octanol–water partition coefficient (Wildman–Crippen LogP) is 1.57. The molecule has 0 bridgehead atoms. The van der Waals surface area contributed by atoms with Crippen LogP contribution in [0.25, 0.3) is 0 Å². The van der Waals surface area contributed by atoms with E-state index in [9.17, 15) is 9.90 Å². The van der Waals surface area contributed by atoms with Gasteiger partial charge < -0.3 is 15.1 Å². The average Bonchev–Trinajstić information content (AvgIpc) is 2.64. The van der Waals surface area contributed by atoms with E-state index in [-0.39, 0.29) is 19.2 Å². The maximum atomic E-state index is 10.8. The van der Waals surface area contributed by atoms with Gasteiger partial charge in [0.25, 0.3) is 0 Å². The molecule has 2 N–H and O–H groups in total. The van der Waals surface area contributed by atoms with E-state index in [1.54, 1.807) is 0 Å². The van der Waals surface area contributed by atoms with E-state index in [0.717, 1.165) is 52.1 Å². The van der Waals surface area contributed by atoms with Gasteiger partial charge in [0.1, 0.15) is 0 Å². The van der Waals surface area contributed by atoms with Crippen molar-refractivity contribution in [2.24, 2.45) is 5.92 Å². The van der Waals surface area contributed by atoms with E-state index in [4.69, 9.17) is 5.11 Å². The second-order valence-corrected chi connectivity index (χ2v) is 8.61. The zero-order chi connectivity index (χ0) is 18.5. The van der Waals surface area contributed by atoms with Crippen molar-refractivity contribution in [3.05, 3.63) is 27.8 Å². The molecule has 1 atom stereocenters. The van der Waals surface area contributed by atoms with E-state index in [1.807, 2.05) is 4.90 Å². The van der Waals surface area contributed by atoms with Crippen LogP contribution in [0.3, 0.4) is 0 Å². The van der Waals surface area contributed by atoms with Crippen molar-refractivity contribution in [2.45, 2.75) is 18.9 Å². The van der Waals surface area contributed by atoms with Gasteiger partial charge in [-0.25, -0.2) is 0 Å². The Morgan fingerprint density at radius 3 is 2.42 bits per heavy atom. The molecule has 2 saturated heterocycles. The molecule has 1 aromatic carbocycles. The number of hydrogen-bond donors (Lipinski definition) is 2. The van der Waals surface area contributed by atoms with Gasteiger partial charge in [-0.05, 0) is 78.7 Å².